The molecule has 3 heterocycles. The number of para-hydroxylation sites is 3. The van der Waals surface area contributed by atoms with E-state index >= 15 is 0 Å². The molecule has 10 rings (SSSR count). The van der Waals surface area contributed by atoms with E-state index in [-0.39, 0.29) is 5.41 Å². The van der Waals surface area contributed by atoms with E-state index in [1.807, 2.05) is 0 Å². The smallest absolute Gasteiger partial charge is 0.0620 e. The first-order valence-corrected chi connectivity index (χ1v) is 14.5. The molecule has 0 amide bonds. The summed E-state index contributed by atoms with van der Waals surface area (Å²) >= 11 is 0. The molecule has 1 aliphatic carbocycles. The van der Waals surface area contributed by atoms with Gasteiger partial charge in [-0.2, -0.15) is 0 Å². The van der Waals surface area contributed by atoms with Gasteiger partial charge in [-0.1, -0.05) is 98.8 Å². The molecule has 192 valence electrons. The van der Waals surface area contributed by atoms with Crippen LogP contribution in [0.25, 0.3) is 76.7 Å². The number of benzene rings is 6. The first kappa shape index (κ1) is 21.7. The third-order valence-corrected chi connectivity index (χ3v) is 9.80. The summed E-state index contributed by atoms with van der Waals surface area (Å²) in [6.07, 6.45) is 0. The number of nitrogens with zero attached hydrogens (tertiary/aromatic N) is 2. The summed E-state index contributed by atoms with van der Waals surface area (Å²) < 4.78 is 4.96. The van der Waals surface area contributed by atoms with Gasteiger partial charge in [0.1, 0.15) is 0 Å². The topological polar surface area (TPSA) is 9.34 Å². The molecule has 0 atom stereocenters. The number of rotatable bonds is 1. The van der Waals surface area contributed by atoms with Crippen molar-refractivity contribution in [1.29, 1.82) is 0 Å². The Morgan fingerprint density at radius 3 is 2.10 bits per heavy atom. The van der Waals surface area contributed by atoms with Crippen LogP contribution in [0.15, 0.2) is 121 Å². The molecular weight excluding hydrogens is 496 g/mol. The second-order valence-corrected chi connectivity index (χ2v) is 12.2. The molecule has 2 heteroatoms. The predicted molar refractivity (Wildman–Crippen MR) is 173 cm³/mol. The van der Waals surface area contributed by atoms with E-state index in [1.54, 1.807) is 0 Å². The van der Waals surface area contributed by atoms with Gasteiger partial charge in [0.05, 0.1) is 27.6 Å². The number of hydrogen-bond donors (Lipinski definition) is 0. The maximum absolute atomic E-state index is 2.54. The molecule has 0 unspecified atom stereocenters. The summed E-state index contributed by atoms with van der Waals surface area (Å²) in [5, 5.41) is 7.96. The highest BCUT2D eigenvalue weighted by atomic mass is 15.0. The molecule has 0 radical (unpaired) electrons. The van der Waals surface area contributed by atoms with Gasteiger partial charge < -0.3 is 8.97 Å². The fourth-order valence-electron chi connectivity index (χ4n) is 8.16. The summed E-state index contributed by atoms with van der Waals surface area (Å²) in [6, 6.07) is 45.0. The highest BCUT2D eigenvalue weighted by Crippen LogP contribution is 2.54. The van der Waals surface area contributed by atoms with Crippen molar-refractivity contribution in [2.75, 3.05) is 0 Å². The van der Waals surface area contributed by atoms with Crippen LogP contribution in [0.5, 0.6) is 0 Å². The van der Waals surface area contributed by atoms with E-state index in [1.165, 1.54) is 87.8 Å². The van der Waals surface area contributed by atoms with Gasteiger partial charge in [0.25, 0.3) is 0 Å². The van der Waals surface area contributed by atoms with E-state index in [2.05, 4.69) is 144 Å². The maximum Gasteiger partial charge on any atom is 0.0620 e. The van der Waals surface area contributed by atoms with Crippen LogP contribution in [0.3, 0.4) is 0 Å². The van der Waals surface area contributed by atoms with Crippen LogP contribution in [0.4, 0.5) is 0 Å². The Morgan fingerprint density at radius 2 is 1.20 bits per heavy atom. The lowest BCUT2D eigenvalue weighted by Crippen LogP contribution is -2.15. The third kappa shape index (κ3) is 2.46. The van der Waals surface area contributed by atoms with Crippen molar-refractivity contribution < 1.29 is 0 Å². The summed E-state index contributed by atoms with van der Waals surface area (Å²) in [6.45, 7) is 4.79. The summed E-state index contributed by atoms with van der Waals surface area (Å²) in [4.78, 5) is 0. The van der Waals surface area contributed by atoms with Crippen molar-refractivity contribution in [3.05, 3.63) is 132 Å². The number of hydrogen-bond acceptors (Lipinski definition) is 0. The average molecular weight is 523 g/mol. The molecule has 6 aromatic carbocycles. The van der Waals surface area contributed by atoms with Crippen molar-refractivity contribution >= 4 is 59.9 Å². The van der Waals surface area contributed by atoms with Gasteiger partial charge in [-0.25, -0.2) is 0 Å². The zero-order chi connectivity index (χ0) is 27.0. The first-order valence-electron chi connectivity index (χ1n) is 14.5. The van der Waals surface area contributed by atoms with Crippen LogP contribution in [0, 0.1) is 0 Å². The summed E-state index contributed by atoms with van der Waals surface area (Å²) in [7, 11) is 0. The van der Waals surface area contributed by atoms with Crippen LogP contribution in [-0.4, -0.2) is 8.97 Å². The van der Waals surface area contributed by atoms with Crippen LogP contribution < -0.4 is 0 Å². The van der Waals surface area contributed by atoms with Crippen molar-refractivity contribution in [3.63, 3.8) is 0 Å². The Bertz CT molecular complexity index is 2540. The van der Waals surface area contributed by atoms with Crippen molar-refractivity contribution in [3.8, 4) is 16.8 Å². The van der Waals surface area contributed by atoms with Gasteiger partial charge >= 0.3 is 0 Å². The van der Waals surface area contributed by atoms with Crippen LogP contribution in [0.1, 0.15) is 25.0 Å². The van der Waals surface area contributed by atoms with E-state index in [9.17, 15) is 0 Å². The summed E-state index contributed by atoms with van der Waals surface area (Å²) in [5.41, 5.74) is 13.2. The van der Waals surface area contributed by atoms with Crippen molar-refractivity contribution in [2.45, 2.75) is 19.3 Å². The number of aromatic nitrogens is 2. The van der Waals surface area contributed by atoms with Gasteiger partial charge in [-0.15, -0.1) is 0 Å². The van der Waals surface area contributed by atoms with E-state index < -0.39 is 0 Å². The second-order valence-electron chi connectivity index (χ2n) is 12.2. The minimum absolute atomic E-state index is 0.0599. The lowest BCUT2D eigenvalue weighted by Gasteiger charge is -2.22. The molecule has 0 spiro atoms. The van der Waals surface area contributed by atoms with Crippen LogP contribution in [-0.2, 0) is 5.41 Å². The molecule has 0 aliphatic heterocycles. The summed E-state index contributed by atoms with van der Waals surface area (Å²) in [5.74, 6) is 0. The van der Waals surface area contributed by atoms with Crippen molar-refractivity contribution in [2.24, 2.45) is 0 Å². The molecule has 0 N–H and O–H groups in total. The highest BCUT2D eigenvalue weighted by Gasteiger charge is 2.38. The molecular formula is C39H26N2. The van der Waals surface area contributed by atoms with E-state index in [0.717, 1.165) is 0 Å². The Labute approximate surface area is 237 Å². The Morgan fingerprint density at radius 1 is 0.488 bits per heavy atom. The quantitative estimate of drug-likeness (QED) is 0.203. The van der Waals surface area contributed by atoms with E-state index in [4.69, 9.17) is 0 Å². The van der Waals surface area contributed by atoms with Gasteiger partial charge in [-0.05, 0) is 58.7 Å². The third-order valence-electron chi connectivity index (χ3n) is 9.80. The molecule has 0 saturated heterocycles. The lowest BCUT2D eigenvalue weighted by atomic mass is 9.80. The van der Waals surface area contributed by atoms with Crippen LogP contribution >= 0.6 is 0 Å². The highest BCUT2D eigenvalue weighted by molar-refractivity contribution is 6.27. The predicted octanol–water partition coefficient (Wildman–Crippen LogP) is 10.2. The largest absolute Gasteiger partial charge is 0.309 e. The molecule has 0 bridgehead atoms. The fourth-order valence-corrected chi connectivity index (χ4v) is 8.16. The zero-order valence-electron chi connectivity index (χ0n) is 22.9. The van der Waals surface area contributed by atoms with E-state index in [0.29, 0.717) is 0 Å². The Hall–Kier alpha value is -5.08. The molecule has 1 aliphatic rings. The second kappa shape index (κ2) is 7.16. The zero-order valence-corrected chi connectivity index (χ0v) is 22.9. The molecule has 3 aromatic heterocycles. The number of fused-ring (bicyclic) bond motifs is 13. The Balaban J connectivity index is 1.40. The molecule has 41 heavy (non-hydrogen) atoms. The molecule has 2 nitrogen and oxygen atoms in total. The first-order chi connectivity index (χ1) is 20.1. The van der Waals surface area contributed by atoms with Crippen LogP contribution in [0.2, 0.25) is 0 Å². The normalized spacial score (nSPS) is 14.3. The standard InChI is InChI=1S/C39H26N2/c1-39(2)31-17-8-6-13-24(31)26-19-20-33-36(37(26)39)28-16-10-15-27-30-22-34-29(21-35(30)41(33)38(27)28)25-14-7-9-18-32(25)40(34)23-11-4-3-5-12-23/h3-22H,1-2H3. The monoisotopic (exact) mass is 522 g/mol. The maximum atomic E-state index is 2.54. The molecule has 9 aromatic rings. The van der Waals surface area contributed by atoms with Gasteiger partial charge in [-0.3, -0.25) is 0 Å². The lowest BCUT2D eigenvalue weighted by molar-refractivity contribution is 0.666. The van der Waals surface area contributed by atoms with Gasteiger partial charge in [0, 0.05) is 43.4 Å². The average Bonchev–Trinajstić information content (AvgIpc) is 3.70. The Kier molecular flexibility index (Phi) is 3.79. The molecule has 0 fully saturated rings. The minimum Gasteiger partial charge on any atom is -0.309 e. The van der Waals surface area contributed by atoms with Crippen molar-refractivity contribution in [1.82, 2.24) is 8.97 Å². The fraction of sp³-hybridized carbons (Fsp3) is 0.0769. The minimum atomic E-state index is -0.0599. The van der Waals surface area contributed by atoms with Gasteiger partial charge in [0.2, 0.25) is 0 Å². The molecule has 0 saturated carbocycles. The van der Waals surface area contributed by atoms with Gasteiger partial charge in [0.15, 0.2) is 0 Å². The SMILES string of the molecule is CC1(C)c2ccccc2-c2ccc3c(c21)c1cccc2c4cc5c(cc4n3c21)c1ccccc1n5-c1ccccc1.